The minimum absolute atomic E-state index is 0.0597. The summed E-state index contributed by atoms with van der Waals surface area (Å²) in [6.45, 7) is 12.1. The lowest BCUT2D eigenvalue weighted by Gasteiger charge is -2.12. The standard InChI is InChI=1S/C12H13FN2OS/c1-12(2,3)17(16)15-8-9-6-5-7-10(14-4)11(9)13/h5-8H,1-3H3/b15-8+/t17-/m0/s1. The number of nitrogens with zero attached hydrogens (tertiary/aromatic N) is 2. The highest BCUT2D eigenvalue weighted by Crippen LogP contribution is 2.20. The van der Waals surface area contributed by atoms with Crippen molar-refractivity contribution in [3.05, 3.63) is 41.0 Å². The van der Waals surface area contributed by atoms with E-state index in [2.05, 4.69) is 9.24 Å². The highest BCUT2D eigenvalue weighted by atomic mass is 32.2. The molecule has 3 nitrogen and oxygen atoms in total. The maximum atomic E-state index is 13.6. The van der Waals surface area contributed by atoms with Gasteiger partial charge in [0, 0.05) is 11.8 Å². The van der Waals surface area contributed by atoms with Gasteiger partial charge in [0.15, 0.2) is 0 Å². The topological polar surface area (TPSA) is 33.8 Å². The normalized spacial score (nSPS) is 13.6. The van der Waals surface area contributed by atoms with Crippen LogP contribution >= 0.6 is 0 Å². The number of halogens is 1. The fourth-order valence-corrected chi connectivity index (χ4v) is 1.51. The van der Waals surface area contributed by atoms with Crippen molar-refractivity contribution in [3.8, 4) is 0 Å². The highest BCUT2D eigenvalue weighted by molar-refractivity contribution is 7.85. The molecule has 0 fully saturated rings. The zero-order valence-electron chi connectivity index (χ0n) is 9.90. The van der Waals surface area contributed by atoms with E-state index in [0.717, 1.165) is 0 Å². The van der Waals surface area contributed by atoms with Gasteiger partial charge in [-0.3, -0.25) is 0 Å². The van der Waals surface area contributed by atoms with Crippen LogP contribution in [-0.2, 0) is 11.0 Å². The van der Waals surface area contributed by atoms with Crippen LogP contribution in [0.2, 0.25) is 0 Å². The Labute approximate surface area is 103 Å². The molecule has 1 rings (SSSR count). The van der Waals surface area contributed by atoms with Gasteiger partial charge >= 0.3 is 0 Å². The van der Waals surface area contributed by atoms with Gasteiger partial charge in [-0.25, -0.2) is 13.4 Å². The molecule has 0 aliphatic rings. The van der Waals surface area contributed by atoms with E-state index in [1.54, 1.807) is 26.8 Å². The van der Waals surface area contributed by atoms with Crippen LogP contribution in [0.1, 0.15) is 26.3 Å². The van der Waals surface area contributed by atoms with Crippen molar-refractivity contribution >= 4 is 22.9 Å². The first kappa shape index (κ1) is 13.5. The summed E-state index contributed by atoms with van der Waals surface area (Å²) >= 11 is 0. The van der Waals surface area contributed by atoms with E-state index in [9.17, 15) is 8.60 Å². The second kappa shape index (κ2) is 5.19. The molecule has 0 N–H and O–H groups in total. The third kappa shape index (κ3) is 3.46. The molecule has 0 heterocycles. The molecule has 1 atom stereocenters. The molecule has 0 amide bonds. The van der Waals surface area contributed by atoms with E-state index >= 15 is 0 Å². The van der Waals surface area contributed by atoms with Crippen LogP contribution in [0, 0.1) is 12.4 Å². The average molecular weight is 252 g/mol. The minimum atomic E-state index is -1.43. The van der Waals surface area contributed by atoms with Gasteiger partial charge in [0.2, 0.25) is 5.69 Å². The number of rotatable bonds is 2. The third-order valence-corrected chi connectivity index (χ3v) is 3.28. The van der Waals surface area contributed by atoms with Gasteiger partial charge in [-0.05, 0) is 20.8 Å². The molecule has 1 aromatic rings. The monoisotopic (exact) mass is 252 g/mol. The largest absolute Gasteiger partial charge is 0.235 e. The van der Waals surface area contributed by atoms with Crippen LogP contribution in [-0.4, -0.2) is 15.2 Å². The molecule has 17 heavy (non-hydrogen) atoms. The minimum Gasteiger partial charge on any atom is -0.235 e. The van der Waals surface area contributed by atoms with Crippen LogP contribution in [0.4, 0.5) is 10.1 Å². The van der Waals surface area contributed by atoms with Gasteiger partial charge in [-0.2, -0.15) is 4.40 Å². The zero-order valence-corrected chi connectivity index (χ0v) is 10.7. The van der Waals surface area contributed by atoms with Gasteiger partial charge < -0.3 is 0 Å². The van der Waals surface area contributed by atoms with Gasteiger partial charge in [0.05, 0.1) is 11.3 Å². The number of hydrogen-bond donors (Lipinski definition) is 0. The lowest BCUT2D eigenvalue weighted by molar-refractivity contribution is 0.632. The Morgan fingerprint density at radius 3 is 2.65 bits per heavy atom. The van der Waals surface area contributed by atoms with Crippen molar-refractivity contribution in [3.63, 3.8) is 0 Å². The first-order chi connectivity index (χ1) is 7.86. The maximum Gasteiger partial charge on any atom is 0.222 e. The first-order valence-electron chi connectivity index (χ1n) is 4.98. The maximum absolute atomic E-state index is 13.6. The zero-order chi connectivity index (χ0) is 13.1. The van der Waals surface area contributed by atoms with Crippen molar-refractivity contribution in [2.75, 3.05) is 0 Å². The van der Waals surface area contributed by atoms with Gasteiger partial charge in [-0.15, -0.1) is 0 Å². The molecule has 0 aliphatic heterocycles. The molecule has 0 bridgehead atoms. The molecule has 0 saturated heterocycles. The van der Waals surface area contributed by atoms with Crippen LogP contribution in [0.3, 0.4) is 0 Å². The third-order valence-electron chi connectivity index (χ3n) is 1.94. The van der Waals surface area contributed by atoms with E-state index in [-0.39, 0.29) is 11.3 Å². The van der Waals surface area contributed by atoms with Crippen molar-refractivity contribution in [2.45, 2.75) is 25.5 Å². The summed E-state index contributed by atoms with van der Waals surface area (Å²) in [5, 5.41) is 0. The van der Waals surface area contributed by atoms with E-state index in [4.69, 9.17) is 6.57 Å². The lowest BCUT2D eigenvalue weighted by atomic mass is 10.2. The summed E-state index contributed by atoms with van der Waals surface area (Å²) in [6.07, 6.45) is 1.21. The van der Waals surface area contributed by atoms with Gasteiger partial charge in [0.25, 0.3) is 0 Å². The van der Waals surface area contributed by atoms with Crippen LogP contribution in [0.25, 0.3) is 4.85 Å². The predicted molar refractivity (Wildman–Crippen MR) is 68.2 cm³/mol. The Bertz CT molecular complexity index is 512. The first-order valence-corrected chi connectivity index (χ1v) is 6.09. The second-order valence-corrected chi connectivity index (χ2v) is 6.32. The molecule has 1 aromatic carbocycles. The van der Waals surface area contributed by atoms with Crippen molar-refractivity contribution in [2.24, 2.45) is 4.40 Å². The van der Waals surface area contributed by atoms with Crippen molar-refractivity contribution in [1.29, 1.82) is 0 Å². The molecule has 5 heteroatoms. The van der Waals surface area contributed by atoms with E-state index in [1.165, 1.54) is 18.3 Å². The predicted octanol–water partition coefficient (Wildman–Crippen LogP) is 3.26. The van der Waals surface area contributed by atoms with Crippen molar-refractivity contribution in [1.82, 2.24) is 0 Å². The average Bonchev–Trinajstić information content (AvgIpc) is 2.26. The Morgan fingerprint density at radius 1 is 1.47 bits per heavy atom. The van der Waals surface area contributed by atoms with Crippen molar-refractivity contribution < 1.29 is 8.60 Å². The summed E-state index contributed by atoms with van der Waals surface area (Å²) < 4.78 is 28.6. The van der Waals surface area contributed by atoms with E-state index < -0.39 is 21.5 Å². The Morgan fingerprint density at radius 2 is 2.12 bits per heavy atom. The molecule has 0 saturated carbocycles. The lowest BCUT2D eigenvalue weighted by Crippen LogP contribution is -2.19. The Hall–Kier alpha value is -1.54. The number of benzene rings is 1. The van der Waals surface area contributed by atoms with Crippen LogP contribution in [0.5, 0.6) is 0 Å². The Kier molecular flexibility index (Phi) is 4.13. The molecule has 0 aliphatic carbocycles. The fraction of sp³-hybridized carbons (Fsp3) is 0.333. The quantitative estimate of drug-likeness (QED) is 0.587. The molecule has 0 spiro atoms. The Balaban J connectivity index is 3.02. The smallest absolute Gasteiger partial charge is 0.222 e. The van der Waals surface area contributed by atoms with E-state index in [0.29, 0.717) is 0 Å². The summed E-state index contributed by atoms with van der Waals surface area (Å²) in [5.74, 6) is -0.628. The van der Waals surface area contributed by atoms with E-state index in [1.807, 2.05) is 0 Å². The molecule has 0 unspecified atom stereocenters. The van der Waals surface area contributed by atoms with Gasteiger partial charge in [0.1, 0.15) is 16.8 Å². The molecule has 0 aromatic heterocycles. The summed E-state index contributed by atoms with van der Waals surface area (Å²) in [7, 11) is -1.43. The molecular weight excluding hydrogens is 239 g/mol. The van der Waals surface area contributed by atoms with Gasteiger partial charge in [-0.1, -0.05) is 18.2 Å². The number of hydrogen-bond acceptors (Lipinski definition) is 1. The molecule has 90 valence electrons. The SMILES string of the molecule is [C-]#[N+]c1cccc(/C=N/[S@@](=O)C(C)(C)C)c1F. The van der Waals surface area contributed by atoms with Crippen LogP contribution in [0.15, 0.2) is 22.6 Å². The van der Waals surface area contributed by atoms with Crippen LogP contribution < -0.4 is 0 Å². The summed E-state index contributed by atoms with van der Waals surface area (Å²) in [6, 6.07) is 4.45. The second-order valence-electron chi connectivity index (χ2n) is 4.39. The fourth-order valence-electron chi connectivity index (χ4n) is 0.986. The summed E-state index contributed by atoms with van der Waals surface area (Å²) in [5.41, 5.74) is 0.117. The molecular formula is C12H13FN2OS. The molecule has 0 radical (unpaired) electrons. The highest BCUT2D eigenvalue weighted by Gasteiger charge is 2.18. The summed E-state index contributed by atoms with van der Waals surface area (Å²) in [4.78, 5) is 3.04.